The Bertz CT molecular complexity index is 2990. The molecule has 9 aromatic carbocycles. The molecule has 0 amide bonds. The molecule has 10 rings (SSSR count). The van der Waals surface area contributed by atoms with Crippen molar-refractivity contribution in [1.82, 2.24) is 0 Å². The second-order valence-electron chi connectivity index (χ2n) is 17.9. The van der Waals surface area contributed by atoms with Gasteiger partial charge < -0.3 is 4.90 Å². The van der Waals surface area contributed by atoms with E-state index in [1.165, 1.54) is 128 Å². The van der Waals surface area contributed by atoms with Crippen LogP contribution >= 0.6 is 23.2 Å². The summed E-state index contributed by atoms with van der Waals surface area (Å²) < 4.78 is 0. The van der Waals surface area contributed by atoms with Crippen LogP contribution in [0.15, 0.2) is 176 Å². The van der Waals surface area contributed by atoms with Gasteiger partial charge in [-0.2, -0.15) is 0 Å². The van der Waals surface area contributed by atoms with Crippen LogP contribution in [0.3, 0.4) is 0 Å². The Labute approximate surface area is 389 Å². The predicted octanol–water partition coefficient (Wildman–Crippen LogP) is 19.5. The van der Waals surface area contributed by atoms with Gasteiger partial charge >= 0.3 is 0 Å². The molecule has 0 spiro atoms. The number of benzene rings is 9. The highest BCUT2D eigenvalue weighted by Gasteiger charge is 2.43. The molecule has 0 bridgehead atoms. The van der Waals surface area contributed by atoms with Crippen molar-refractivity contribution in [3.8, 4) is 33.4 Å². The van der Waals surface area contributed by atoms with Gasteiger partial charge in [0.05, 0.1) is 0 Å². The van der Waals surface area contributed by atoms with Gasteiger partial charge in [-0.05, 0) is 162 Å². The summed E-state index contributed by atoms with van der Waals surface area (Å²) in [6.45, 7) is 4.64. The summed E-state index contributed by atoms with van der Waals surface area (Å²) in [5.41, 5.74) is 14.0. The maximum absolute atomic E-state index is 6.48. The van der Waals surface area contributed by atoms with Crippen LogP contribution in [0.2, 0.25) is 10.0 Å². The fourth-order valence-electron chi connectivity index (χ4n) is 10.9. The molecule has 0 N–H and O–H groups in total. The van der Waals surface area contributed by atoms with E-state index in [0.717, 1.165) is 39.9 Å². The molecule has 0 aliphatic heterocycles. The minimum atomic E-state index is -0.138. The van der Waals surface area contributed by atoms with Crippen molar-refractivity contribution in [1.29, 1.82) is 0 Å². The third-order valence-corrected chi connectivity index (χ3v) is 14.4. The van der Waals surface area contributed by atoms with Gasteiger partial charge in [-0.1, -0.05) is 192 Å². The second kappa shape index (κ2) is 18.3. The Hall–Kier alpha value is -5.86. The highest BCUT2D eigenvalue weighted by molar-refractivity contribution is 6.31. The minimum absolute atomic E-state index is 0.138. The van der Waals surface area contributed by atoms with Gasteiger partial charge in [0.2, 0.25) is 0 Å². The zero-order valence-electron chi connectivity index (χ0n) is 37.0. The Morgan fingerprint density at radius 2 is 0.828 bits per heavy atom. The van der Waals surface area contributed by atoms with E-state index in [2.05, 4.69) is 170 Å². The Kier molecular flexibility index (Phi) is 12.1. The van der Waals surface area contributed by atoms with Crippen LogP contribution in [0.4, 0.5) is 17.1 Å². The number of halogens is 2. The molecule has 0 saturated carbocycles. The number of unbranched alkanes of at least 4 members (excludes halogenated alkanes) is 6. The molecule has 0 radical (unpaired) electrons. The first kappa shape index (κ1) is 42.1. The first-order valence-corrected chi connectivity index (χ1v) is 24.3. The Morgan fingerprint density at radius 1 is 0.391 bits per heavy atom. The number of nitrogens with zero attached hydrogens (tertiary/aromatic N) is 1. The quantitative estimate of drug-likeness (QED) is 0.0733. The molecule has 0 unspecified atom stereocenters. The summed E-state index contributed by atoms with van der Waals surface area (Å²) in [7, 11) is 0. The number of hydrogen-bond donors (Lipinski definition) is 0. The topological polar surface area (TPSA) is 3.24 Å². The summed E-state index contributed by atoms with van der Waals surface area (Å²) in [5.74, 6) is 0. The van der Waals surface area contributed by atoms with Crippen molar-refractivity contribution in [2.45, 2.75) is 83.5 Å². The van der Waals surface area contributed by atoms with Crippen molar-refractivity contribution in [2.75, 3.05) is 4.90 Å². The molecule has 0 aromatic heterocycles. The lowest BCUT2D eigenvalue weighted by Crippen LogP contribution is -2.26. The van der Waals surface area contributed by atoms with Gasteiger partial charge in [0.15, 0.2) is 0 Å². The molecule has 0 fully saturated rings. The smallest absolute Gasteiger partial charge is 0.0465 e. The average Bonchev–Trinajstić information content (AvgIpc) is 3.60. The van der Waals surface area contributed by atoms with E-state index in [1.807, 2.05) is 24.3 Å². The average molecular weight is 873 g/mol. The zero-order chi connectivity index (χ0) is 43.6. The van der Waals surface area contributed by atoms with Crippen molar-refractivity contribution in [2.24, 2.45) is 0 Å². The first-order valence-electron chi connectivity index (χ1n) is 23.5. The number of hydrogen-bond acceptors (Lipinski definition) is 1. The van der Waals surface area contributed by atoms with Gasteiger partial charge in [-0.15, -0.1) is 0 Å². The van der Waals surface area contributed by atoms with Gasteiger partial charge in [-0.25, -0.2) is 0 Å². The van der Waals surface area contributed by atoms with Crippen LogP contribution in [0.1, 0.15) is 89.2 Å². The molecular weight excluding hydrogens is 818 g/mol. The largest absolute Gasteiger partial charge is 0.310 e. The van der Waals surface area contributed by atoms with Crippen LogP contribution < -0.4 is 4.90 Å². The van der Waals surface area contributed by atoms with Gasteiger partial charge in [0.25, 0.3) is 0 Å². The Morgan fingerprint density at radius 3 is 1.36 bits per heavy atom. The molecule has 9 aromatic rings. The van der Waals surface area contributed by atoms with Gasteiger partial charge in [0, 0.05) is 32.5 Å². The third-order valence-electron chi connectivity index (χ3n) is 13.9. The molecule has 0 heterocycles. The lowest BCUT2D eigenvalue weighted by Gasteiger charge is -2.34. The summed E-state index contributed by atoms with van der Waals surface area (Å²) in [5, 5.41) is 9.13. The molecule has 1 aliphatic carbocycles. The Balaban J connectivity index is 1.18. The third kappa shape index (κ3) is 7.78. The highest BCUT2D eigenvalue weighted by Crippen LogP contribution is 2.57. The van der Waals surface area contributed by atoms with Crippen LogP contribution in [0.25, 0.3) is 65.7 Å². The van der Waals surface area contributed by atoms with E-state index >= 15 is 0 Å². The van der Waals surface area contributed by atoms with Gasteiger partial charge in [0.1, 0.15) is 0 Å². The van der Waals surface area contributed by atoms with Crippen LogP contribution in [-0.2, 0) is 5.41 Å². The summed E-state index contributed by atoms with van der Waals surface area (Å²) in [4.78, 5) is 2.36. The SMILES string of the molecule is CCCCCCC1(CCCCCC)c2cc(-c3c4ccccc4c(-c4ccc5ccccc5c4)c4ccccc34)ccc2-c2ccc(N(c3ccc(Cl)cc3)c3ccc(Cl)cc3)cc21. The number of anilines is 3. The van der Waals surface area contributed by atoms with E-state index in [0.29, 0.717) is 0 Å². The molecule has 0 saturated heterocycles. The second-order valence-corrected chi connectivity index (χ2v) is 18.8. The molecular formula is C61H55Cl2N. The summed E-state index contributed by atoms with van der Waals surface area (Å²) in [6.07, 6.45) is 12.1. The van der Waals surface area contributed by atoms with Crippen LogP contribution in [-0.4, -0.2) is 0 Å². The van der Waals surface area contributed by atoms with E-state index in [9.17, 15) is 0 Å². The minimum Gasteiger partial charge on any atom is -0.310 e. The number of fused-ring (bicyclic) bond motifs is 6. The maximum atomic E-state index is 6.48. The van der Waals surface area contributed by atoms with Crippen molar-refractivity contribution < 1.29 is 0 Å². The fourth-order valence-corrected chi connectivity index (χ4v) is 11.1. The van der Waals surface area contributed by atoms with Crippen molar-refractivity contribution in [3.63, 3.8) is 0 Å². The van der Waals surface area contributed by atoms with Crippen molar-refractivity contribution in [3.05, 3.63) is 197 Å². The summed E-state index contributed by atoms with van der Waals surface area (Å²) >= 11 is 13.0. The first-order chi connectivity index (χ1) is 31.5. The maximum Gasteiger partial charge on any atom is 0.0465 e. The molecule has 3 heteroatoms. The lowest BCUT2D eigenvalue weighted by atomic mass is 9.70. The van der Waals surface area contributed by atoms with E-state index in [-0.39, 0.29) is 5.41 Å². The van der Waals surface area contributed by atoms with Crippen LogP contribution in [0.5, 0.6) is 0 Å². The van der Waals surface area contributed by atoms with Crippen molar-refractivity contribution >= 4 is 72.6 Å². The lowest BCUT2D eigenvalue weighted by molar-refractivity contribution is 0.401. The molecule has 318 valence electrons. The normalized spacial score (nSPS) is 12.8. The van der Waals surface area contributed by atoms with E-state index in [1.54, 1.807) is 0 Å². The monoisotopic (exact) mass is 871 g/mol. The van der Waals surface area contributed by atoms with E-state index in [4.69, 9.17) is 23.2 Å². The molecule has 1 nitrogen and oxygen atoms in total. The molecule has 0 atom stereocenters. The summed E-state index contributed by atoms with van der Waals surface area (Å²) in [6, 6.07) is 65.0. The molecule has 64 heavy (non-hydrogen) atoms. The van der Waals surface area contributed by atoms with E-state index < -0.39 is 0 Å². The standard InChI is InChI=1S/C61H55Cl2N/c1-3-5-7-15-37-61(38-16-8-6-4-2)57-40-45(25-35-51(57)52-36-34-50(41-58(52)61)64(48-30-26-46(62)27-31-48)49-32-28-47(63)29-33-49)60-55-21-13-11-19-53(55)59(54-20-12-14-22-56(54)60)44-24-23-42-17-9-10-18-43(42)39-44/h9-14,17-36,39-41H,3-8,15-16,37-38H2,1-2H3. The fraction of sp³-hybridized carbons (Fsp3) is 0.213. The highest BCUT2D eigenvalue weighted by atomic mass is 35.5. The van der Waals surface area contributed by atoms with Gasteiger partial charge in [-0.3, -0.25) is 0 Å². The zero-order valence-corrected chi connectivity index (χ0v) is 38.5. The predicted molar refractivity (Wildman–Crippen MR) is 278 cm³/mol. The van der Waals surface area contributed by atoms with Crippen LogP contribution in [0, 0.1) is 0 Å². The number of rotatable bonds is 15. The molecule has 1 aliphatic rings.